The first-order chi connectivity index (χ1) is 9.49. The Labute approximate surface area is 122 Å². The third-order valence-corrected chi connectivity index (χ3v) is 3.08. The summed E-state index contributed by atoms with van der Waals surface area (Å²) in [6.07, 6.45) is 0.0255. The van der Waals surface area contributed by atoms with Gasteiger partial charge in [-0.1, -0.05) is 29.8 Å². The Kier molecular flexibility index (Phi) is 4.30. The first-order valence-electron chi connectivity index (χ1n) is 6.28. The molecule has 0 radical (unpaired) electrons. The van der Waals surface area contributed by atoms with E-state index < -0.39 is 5.97 Å². The van der Waals surface area contributed by atoms with Crippen LogP contribution in [0.4, 0.5) is 0 Å². The zero-order valence-electron chi connectivity index (χ0n) is 11.3. The number of ether oxygens (including phenoxy) is 1. The molecule has 4 heteroatoms. The van der Waals surface area contributed by atoms with E-state index in [-0.39, 0.29) is 11.7 Å². The van der Waals surface area contributed by atoms with Gasteiger partial charge in [0.25, 0.3) is 0 Å². The molecule has 0 atom stereocenters. The van der Waals surface area contributed by atoms with Crippen molar-refractivity contribution in [1.29, 1.82) is 0 Å². The van der Waals surface area contributed by atoms with Crippen molar-refractivity contribution in [2.24, 2.45) is 0 Å². The Morgan fingerprint density at radius 3 is 2.50 bits per heavy atom. The molecular weight excluding hydrogens is 276 g/mol. The fraction of sp³-hybridized carbons (Fsp3) is 0.188. The van der Waals surface area contributed by atoms with Crippen LogP contribution in [0.1, 0.15) is 24.2 Å². The van der Waals surface area contributed by atoms with E-state index in [9.17, 15) is 4.79 Å². The molecule has 2 aromatic carbocycles. The highest BCUT2D eigenvalue weighted by Crippen LogP contribution is 2.35. The number of carboxylic acids is 1. The van der Waals surface area contributed by atoms with Gasteiger partial charge in [-0.2, -0.15) is 0 Å². The fourth-order valence-electron chi connectivity index (χ4n) is 1.91. The van der Waals surface area contributed by atoms with Crippen LogP contribution in [-0.2, 0) is 0 Å². The molecule has 0 aliphatic rings. The van der Waals surface area contributed by atoms with E-state index >= 15 is 0 Å². The van der Waals surface area contributed by atoms with Crippen molar-refractivity contribution in [3.05, 3.63) is 53.1 Å². The molecular formula is C16H15ClO3. The summed E-state index contributed by atoms with van der Waals surface area (Å²) in [4.78, 5) is 11.1. The quantitative estimate of drug-likeness (QED) is 0.902. The van der Waals surface area contributed by atoms with Crippen molar-refractivity contribution in [2.75, 3.05) is 0 Å². The number of para-hydroxylation sites is 1. The highest BCUT2D eigenvalue weighted by atomic mass is 35.5. The monoisotopic (exact) mass is 290 g/mol. The summed E-state index contributed by atoms with van der Waals surface area (Å²) in [5, 5.41) is 9.58. The second-order valence-corrected chi connectivity index (χ2v) is 5.07. The number of halogens is 1. The van der Waals surface area contributed by atoms with E-state index in [1.807, 2.05) is 38.1 Å². The van der Waals surface area contributed by atoms with E-state index in [0.29, 0.717) is 16.3 Å². The van der Waals surface area contributed by atoms with Gasteiger partial charge in [-0.05, 0) is 38.1 Å². The maximum absolute atomic E-state index is 11.1. The molecule has 3 nitrogen and oxygen atoms in total. The molecule has 104 valence electrons. The summed E-state index contributed by atoms with van der Waals surface area (Å²) < 4.78 is 5.75. The Balaban J connectivity index is 2.56. The van der Waals surface area contributed by atoms with Crippen LogP contribution in [0.5, 0.6) is 5.75 Å². The lowest BCUT2D eigenvalue weighted by Gasteiger charge is -2.15. The number of hydrogen-bond donors (Lipinski definition) is 1. The molecule has 0 fully saturated rings. The van der Waals surface area contributed by atoms with Gasteiger partial charge in [0, 0.05) is 16.1 Å². The molecule has 2 aromatic rings. The number of carboxylic acid groups (broad SMARTS) is 1. The Morgan fingerprint density at radius 1 is 1.15 bits per heavy atom. The second-order valence-electron chi connectivity index (χ2n) is 4.66. The summed E-state index contributed by atoms with van der Waals surface area (Å²) in [5.41, 5.74) is 1.64. The molecule has 0 saturated carbocycles. The lowest BCUT2D eigenvalue weighted by Crippen LogP contribution is -2.06. The van der Waals surface area contributed by atoms with E-state index in [1.54, 1.807) is 12.1 Å². The zero-order valence-corrected chi connectivity index (χ0v) is 12.0. The van der Waals surface area contributed by atoms with Gasteiger partial charge in [-0.25, -0.2) is 4.79 Å². The molecule has 0 heterocycles. The number of carbonyl (C=O) groups is 1. The number of hydrogen-bond acceptors (Lipinski definition) is 2. The Bertz CT molecular complexity index is 635. The summed E-state index contributed by atoms with van der Waals surface area (Å²) in [6, 6.07) is 12.1. The molecule has 20 heavy (non-hydrogen) atoms. The van der Waals surface area contributed by atoms with Crippen molar-refractivity contribution in [3.8, 4) is 16.9 Å². The van der Waals surface area contributed by atoms with Crippen molar-refractivity contribution in [1.82, 2.24) is 0 Å². The van der Waals surface area contributed by atoms with E-state index in [1.165, 1.54) is 6.07 Å². The predicted octanol–water partition coefficient (Wildman–Crippen LogP) is 4.49. The maximum Gasteiger partial charge on any atom is 0.335 e. The van der Waals surface area contributed by atoms with Crippen molar-refractivity contribution >= 4 is 17.6 Å². The molecule has 0 spiro atoms. The van der Waals surface area contributed by atoms with E-state index in [4.69, 9.17) is 21.4 Å². The van der Waals surface area contributed by atoms with Crippen LogP contribution in [0, 0.1) is 0 Å². The molecule has 0 unspecified atom stereocenters. The third kappa shape index (κ3) is 3.11. The minimum atomic E-state index is -0.981. The van der Waals surface area contributed by atoms with Gasteiger partial charge in [0.15, 0.2) is 0 Å². The molecule has 0 aromatic heterocycles. The molecule has 1 N–H and O–H groups in total. The maximum atomic E-state index is 11.1. The summed E-state index contributed by atoms with van der Waals surface area (Å²) in [6.45, 7) is 3.87. The minimum Gasteiger partial charge on any atom is -0.490 e. The lowest BCUT2D eigenvalue weighted by molar-refractivity contribution is 0.0697. The van der Waals surface area contributed by atoms with Crippen LogP contribution < -0.4 is 4.74 Å². The van der Waals surface area contributed by atoms with Gasteiger partial charge >= 0.3 is 5.97 Å². The summed E-state index contributed by atoms with van der Waals surface area (Å²) in [5.74, 6) is -0.294. The predicted molar refractivity (Wildman–Crippen MR) is 79.6 cm³/mol. The van der Waals surface area contributed by atoms with Crippen molar-refractivity contribution in [3.63, 3.8) is 0 Å². The second kappa shape index (κ2) is 5.97. The summed E-state index contributed by atoms with van der Waals surface area (Å²) in [7, 11) is 0. The largest absolute Gasteiger partial charge is 0.490 e. The molecule has 0 saturated heterocycles. The highest BCUT2D eigenvalue weighted by molar-refractivity contribution is 6.33. The van der Waals surface area contributed by atoms with Crippen LogP contribution in [0.2, 0.25) is 5.02 Å². The van der Waals surface area contributed by atoms with Gasteiger partial charge in [-0.15, -0.1) is 0 Å². The van der Waals surface area contributed by atoms with Crippen molar-refractivity contribution in [2.45, 2.75) is 20.0 Å². The number of aromatic carboxylic acids is 1. The fourth-order valence-corrected chi connectivity index (χ4v) is 2.13. The zero-order chi connectivity index (χ0) is 14.7. The first kappa shape index (κ1) is 14.4. The highest BCUT2D eigenvalue weighted by Gasteiger charge is 2.13. The summed E-state index contributed by atoms with van der Waals surface area (Å²) >= 11 is 6.20. The Hall–Kier alpha value is -2.00. The van der Waals surface area contributed by atoms with Crippen LogP contribution >= 0.6 is 11.6 Å². The number of benzene rings is 2. The standard InChI is InChI=1S/C16H15ClO3/c1-10(2)20-15-6-4-3-5-12(15)13-9-11(16(18)19)7-8-14(13)17/h3-10H,1-2H3,(H,18,19). The van der Waals surface area contributed by atoms with Gasteiger partial charge in [-0.3, -0.25) is 0 Å². The van der Waals surface area contributed by atoms with E-state index in [0.717, 1.165) is 5.56 Å². The molecule has 0 aliphatic heterocycles. The number of rotatable bonds is 4. The van der Waals surface area contributed by atoms with Gasteiger partial charge < -0.3 is 9.84 Å². The van der Waals surface area contributed by atoms with Crippen LogP contribution in [-0.4, -0.2) is 17.2 Å². The third-order valence-electron chi connectivity index (χ3n) is 2.75. The first-order valence-corrected chi connectivity index (χ1v) is 6.65. The van der Waals surface area contributed by atoms with E-state index in [2.05, 4.69) is 0 Å². The lowest BCUT2D eigenvalue weighted by atomic mass is 10.0. The average Bonchev–Trinajstić information content (AvgIpc) is 2.39. The normalized spacial score (nSPS) is 10.6. The topological polar surface area (TPSA) is 46.5 Å². The molecule has 0 aliphatic carbocycles. The van der Waals surface area contributed by atoms with Crippen LogP contribution in [0.25, 0.3) is 11.1 Å². The van der Waals surface area contributed by atoms with Gasteiger partial charge in [0.05, 0.1) is 11.7 Å². The van der Waals surface area contributed by atoms with Gasteiger partial charge in [0.1, 0.15) is 5.75 Å². The van der Waals surface area contributed by atoms with Crippen LogP contribution in [0.3, 0.4) is 0 Å². The van der Waals surface area contributed by atoms with Crippen LogP contribution in [0.15, 0.2) is 42.5 Å². The molecule has 0 bridgehead atoms. The molecule has 2 rings (SSSR count). The van der Waals surface area contributed by atoms with Crippen molar-refractivity contribution < 1.29 is 14.6 Å². The smallest absolute Gasteiger partial charge is 0.335 e. The minimum absolute atomic E-state index is 0.0255. The Morgan fingerprint density at radius 2 is 1.85 bits per heavy atom. The van der Waals surface area contributed by atoms with Gasteiger partial charge in [0.2, 0.25) is 0 Å². The molecule has 0 amide bonds. The SMILES string of the molecule is CC(C)Oc1ccccc1-c1cc(C(=O)O)ccc1Cl. The average molecular weight is 291 g/mol.